The molecule has 0 atom stereocenters. The molecule has 3 N–H and O–H groups in total. The van der Waals surface area contributed by atoms with Crippen molar-refractivity contribution in [1.29, 1.82) is 0 Å². The van der Waals surface area contributed by atoms with Crippen LogP contribution in [0.2, 0.25) is 0 Å². The summed E-state index contributed by atoms with van der Waals surface area (Å²) in [7, 11) is -3.46. The van der Waals surface area contributed by atoms with Crippen molar-refractivity contribution in [3.8, 4) is 0 Å². The molecule has 0 radical (unpaired) electrons. The van der Waals surface area contributed by atoms with Gasteiger partial charge in [0.25, 0.3) is 0 Å². The highest BCUT2D eigenvalue weighted by atomic mass is 32.2. The summed E-state index contributed by atoms with van der Waals surface area (Å²) in [6, 6.07) is 0. The largest absolute Gasteiger partial charge is 0.409 e. The normalized spacial score (nSPS) is 13.2. The SMILES string of the molecule is CS(=O)(=O)n1cncc1/C(N)=N\O. The zero-order chi connectivity index (χ0) is 10.1. The molecule has 0 amide bonds. The number of rotatable bonds is 2. The summed E-state index contributed by atoms with van der Waals surface area (Å²) in [5.41, 5.74) is 5.24. The lowest BCUT2D eigenvalue weighted by molar-refractivity contribution is 0.318. The maximum absolute atomic E-state index is 11.1. The maximum atomic E-state index is 11.1. The van der Waals surface area contributed by atoms with Gasteiger partial charge in [0.05, 0.1) is 12.5 Å². The number of aromatic nitrogens is 2. The fourth-order valence-electron chi connectivity index (χ4n) is 0.778. The van der Waals surface area contributed by atoms with Gasteiger partial charge in [0.2, 0.25) is 10.0 Å². The van der Waals surface area contributed by atoms with E-state index in [0.717, 1.165) is 16.6 Å². The Bertz CT molecular complexity index is 432. The van der Waals surface area contributed by atoms with Crippen LogP contribution in [0, 0.1) is 0 Å². The van der Waals surface area contributed by atoms with Gasteiger partial charge in [0, 0.05) is 0 Å². The molecular formula is C5H8N4O3S. The third-order valence-corrected chi connectivity index (χ3v) is 2.34. The molecule has 1 rings (SSSR count). The van der Waals surface area contributed by atoms with E-state index in [9.17, 15) is 8.42 Å². The second-order valence-electron chi connectivity index (χ2n) is 2.32. The first kappa shape index (κ1) is 9.52. The lowest BCUT2D eigenvalue weighted by Crippen LogP contribution is -2.21. The van der Waals surface area contributed by atoms with E-state index in [4.69, 9.17) is 10.9 Å². The molecule has 13 heavy (non-hydrogen) atoms. The van der Waals surface area contributed by atoms with E-state index in [1.165, 1.54) is 6.20 Å². The van der Waals surface area contributed by atoms with Gasteiger partial charge in [-0.15, -0.1) is 0 Å². The van der Waals surface area contributed by atoms with E-state index in [-0.39, 0.29) is 11.5 Å². The Morgan fingerprint density at radius 2 is 2.38 bits per heavy atom. The quantitative estimate of drug-likeness (QED) is 0.271. The van der Waals surface area contributed by atoms with Crippen LogP contribution >= 0.6 is 0 Å². The van der Waals surface area contributed by atoms with Crippen LogP contribution in [0.5, 0.6) is 0 Å². The smallest absolute Gasteiger partial charge is 0.237 e. The molecule has 1 heterocycles. The van der Waals surface area contributed by atoms with Crippen molar-refractivity contribution in [2.24, 2.45) is 10.9 Å². The van der Waals surface area contributed by atoms with Crippen molar-refractivity contribution in [3.05, 3.63) is 18.2 Å². The molecule has 0 spiro atoms. The van der Waals surface area contributed by atoms with Gasteiger partial charge in [0.1, 0.15) is 12.0 Å². The van der Waals surface area contributed by atoms with Crippen molar-refractivity contribution in [1.82, 2.24) is 8.96 Å². The molecule has 1 aromatic heterocycles. The first-order valence-corrected chi connectivity index (χ1v) is 5.02. The van der Waals surface area contributed by atoms with Crippen LogP contribution in [0.15, 0.2) is 17.7 Å². The van der Waals surface area contributed by atoms with Gasteiger partial charge in [-0.1, -0.05) is 5.16 Å². The van der Waals surface area contributed by atoms with Crippen LogP contribution in [-0.2, 0) is 10.0 Å². The first-order chi connectivity index (χ1) is 5.96. The Hall–Kier alpha value is -1.57. The summed E-state index contributed by atoms with van der Waals surface area (Å²) >= 11 is 0. The molecule has 0 unspecified atom stereocenters. The van der Waals surface area contributed by atoms with Gasteiger partial charge in [-0.25, -0.2) is 17.4 Å². The zero-order valence-electron chi connectivity index (χ0n) is 6.75. The predicted molar refractivity (Wildman–Crippen MR) is 45.0 cm³/mol. The average Bonchev–Trinajstić information content (AvgIpc) is 2.49. The van der Waals surface area contributed by atoms with E-state index in [0.29, 0.717) is 0 Å². The number of hydrogen-bond donors (Lipinski definition) is 2. The summed E-state index contributed by atoms with van der Waals surface area (Å²) in [4.78, 5) is 3.57. The number of hydrogen-bond acceptors (Lipinski definition) is 5. The molecule has 0 saturated carbocycles. The summed E-state index contributed by atoms with van der Waals surface area (Å²) in [5, 5.41) is 11.0. The molecule has 0 aliphatic heterocycles. The van der Waals surface area contributed by atoms with E-state index >= 15 is 0 Å². The molecule has 0 aromatic carbocycles. The number of nitrogens with zero attached hydrogens (tertiary/aromatic N) is 3. The molecule has 1 aromatic rings. The van der Waals surface area contributed by atoms with Crippen molar-refractivity contribution in [2.75, 3.05) is 6.26 Å². The number of nitrogens with two attached hydrogens (primary N) is 1. The van der Waals surface area contributed by atoms with E-state index in [1.807, 2.05) is 0 Å². The Morgan fingerprint density at radius 1 is 1.77 bits per heavy atom. The third-order valence-electron chi connectivity index (χ3n) is 1.33. The maximum Gasteiger partial charge on any atom is 0.237 e. The van der Waals surface area contributed by atoms with Crippen LogP contribution in [0.25, 0.3) is 0 Å². The standard InChI is InChI=1S/C5H8N4O3S/c1-13(11,12)9-3-7-2-4(9)5(6)8-10/h2-3,10H,1H3,(H2,6,8). The molecule has 0 bridgehead atoms. The molecule has 0 fully saturated rings. The summed E-state index contributed by atoms with van der Waals surface area (Å²) in [5.74, 6) is -0.303. The van der Waals surface area contributed by atoms with Gasteiger partial charge in [-0.3, -0.25) is 0 Å². The minimum absolute atomic E-state index is 0.0324. The van der Waals surface area contributed by atoms with Crippen LogP contribution in [0.3, 0.4) is 0 Å². The first-order valence-electron chi connectivity index (χ1n) is 3.17. The van der Waals surface area contributed by atoms with Crippen LogP contribution in [-0.4, -0.2) is 34.7 Å². The van der Waals surface area contributed by atoms with Crippen molar-refractivity contribution < 1.29 is 13.6 Å². The minimum Gasteiger partial charge on any atom is -0.409 e. The fraction of sp³-hybridized carbons (Fsp3) is 0.200. The Balaban J connectivity index is 3.35. The topological polar surface area (TPSA) is 111 Å². The molecule has 72 valence electrons. The minimum atomic E-state index is -3.46. The molecular weight excluding hydrogens is 196 g/mol. The summed E-state index contributed by atoms with van der Waals surface area (Å²) < 4.78 is 23.0. The number of oxime groups is 1. The van der Waals surface area contributed by atoms with Gasteiger partial charge < -0.3 is 10.9 Å². The molecule has 7 nitrogen and oxygen atoms in total. The van der Waals surface area contributed by atoms with Crippen LogP contribution in [0.1, 0.15) is 5.69 Å². The second-order valence-corrected chi connectivity index (χ2v) is 4.18. The second kappa shape index (κ2) is 3.05. The van der Waals surface area contributed by atoms with Crippen molar-refractivity contribution in [3.63, 3.8) is 0 Å². The highest BCUT2D eigenvalue weighted by molar-refractivity contribution is 7.89. The van der Waals surface area contributed by atoms with E-state index < -0.39 is 10.0 Å². The van der Waals surface area contributed by atoms with Crippen molar-refractivity contribution >= 4 is 15.9 Å². The van der Waals surface area contributed by atoms with Gasteiger partial charge in [0.15, 0.2) is 5.84 Å². The number of imidazole rings is 1. The lowest BCUT2D eigenvalue weighted by Gasteiger charge is -2.02. The van der Waals surface area contributed by atoms with Crippen molar-refractivity contribution in [2.45, 2.75) is 0 Å². The fourth-order valence-corrected chi connectivity index (χ4v) is 1.50. The van der Waals surface area contributed by atoms with E-state index in [2.05, 4.69) is 10.1 Å². The molecule has 0 saturated heterocycles. The number of amidine groups is 1. The van der Waals surface area contributed by atoms with Crippen LogP contribution < -0.4 is 5.73 Å². The Labute approximate surface area is 74.5 Å². The Morgan fingerprint density at radius 3 is 2.85 bits per heavy atom. The predicted octanol–water partition coefficient (Wildman–Crippen LogP) is -1.21. The zero-order valence-corrected chi connectivity index (χ0v) is 7.56. The summed E-state index contributed by atoms with van der Waals surface area (Å²) in [6.07, 6.45) is 3.25. The van der Waals surface area contributed by atoms with Gasteiger partial charge >= 0.3 is 0 Å². The lowest BCUT2D eigenvalue weighted by atomic mass is 10.4. The Kier molecular flexibility index (Phi) is 2.24. The third kappa shape index (κ3) is 1.78. The monoisotopic (exact) mass is 204 g/mol. The van der Waals surface area contributed by atoms with E-state index in [1.54, 1.807) is 0 Å². The highest BCUT2D eigenvalue weighted by Crippen LogP contribution is 2.01. The van der Waals surface area contributed by atoms with Gasteiger partial charge in [-0.2, -0.15) is 0 Å². The molecule has 8 heteroatoms. The summed E-state index contributed by atoms with van der Waals surface area (Å²) in [6.45, 7) is 0. The highest BCUT2D eigenvalue weighted by Gasteiger charge is 2.13. The van der Waals surface area contributed by atoms with Gasteiger partial charge in [-0.05, 0) is 0 Å². The van der Waals surface area contributed by atoms with Crippen LogP contribution in [0.4, 0.5) is 0 Å². The average molecular weight is 204 g/mol. The molecule has 0 aliphatic rings. The molecule has 0 aliphatic carbocycles.